The Balaban J connectivity index is 2.14. The van der Waals surface area contributed by atoms with Crippen LogP contribution in [0.25, 0.3) is 0 Å². The molecule has 0 amide bonds. The summed E-state index contributed by atoms with van der Waals surface area (Å²) >= 11 is 1.31. The Morgan fingerprint density at radius 3 is 2.86 bits per heavy atom. The third-order valence-electron chi connectivity index (χ3n) is 2.58. The van der Waals surface area contributed by atoms with E-state index >= 15 is 0 Å². The molecule has 0 saturated carbocycles. The molecule has 2 aliphatic heterocycles. The van der Waals surface area contributed by atoms with Gasteiger partial charge < -0.3 is 20.7 Å². The van der Waals surface area contributed by atoms with Crippen molar-refractivity contribution in [2.24, 2.45) is 10.7 Å². The van der Waals surface area contributed by atoms with Crippen molar-refractivity contribution in [3.8, 4) is 0 Å². The fourth-order valence-corrected chi connectivity index (χ4v) is 2.77. The molecule has 0 aromatic rings. The van der Waals surface area contributed by atoms with Gasteiger partial charge >= 0.3 is 0 Å². The molecule has 2 rings (SSSR count). The summed E-state index contributed by atoms with van der Waals surface area (Å²) in [6.45, 7) is 1.91. The lowest BCUT2D eigenvalue weighted by Crippen LogP contribution is -2.54. The number of hydrogen-bond acceptors (Lipinski definition) is 6. The van der Waals surface area contributed by atoms with Crippen LogP contribution in [-0.2, 0) is 4.74 Å². The molecular formula is C8H14N2O3S. The lowest BCUT2D eigenvalue weighted by atomic mass is 9.97. The lowest BCUT2D eigenvalue weighted by Gasteiger charge is -2.37. The molecule has 0 aromatic heterocycles. The maximum Gasteiger partial charge on any atom is 0.157 e. The average molecular weight is 218 g/mol. The van der Waals surface area contributed by atoms with Crippen molar-refractivity contribution < 1.29 is 14.9 Å². The first-order valence-electron chi connectivity index (χ1n) is 4.65. The molecule has 5 atom stereocenters. The first-order chi connectivity index (χ1) is 6.63. The van der Waals surface area contributed by atoms with Crippen LogP contribution in [0, 0.1) is 0 Å². The van der Waals surface area contributed by atoms with E-state index in [0.717, 1.165) is 0 Å². The zero-order valence-corrected chi connectivity index (χ0v) is 8.65. The molecule has 2 aliphatic rings. The summed E-state index contributed by atoms with van der Waals surface area (Å²) in [5, 5.41) is 19.9. The predicted octanol–water partition coefficient (Wildman–Crippen LogP) is -0.727. The number of nitrogens with zero attached hydrogens (tertiary/aromatic N) is 1. The standard InChI is InChI=1S/C8H14N2O3S/c1-2-3-5(11)6(12)4-7(13-3)14-8(9)10-4/h3-7,11-12H,2H2,1H3,(H2,9,10)/t3-,4-,5-,6-,7-/m1/s1. The summed E-state index contributed by atoms with van der Waals surface area (Å²) in [6, 6.07) is -0.419. The van der Waals surface area contributed by atoms with E-state index in [1.165, 1.54) is 11.8 Å². The number of ether oxygens (including phenoxy) is 1. The van der Waals surface area contributed by atoms with Gasteiger partial charge in [0, 0.05) is 0 Å². The smallest absolute Gasteiger partial charge is 0.157 e. The molecule has 0 unspecified atom stereocenters. The van der Waals surface area contributed by atoms with Crippen LogP contribution in [0.5, 0.6) is 0 Å². The normalized spacial score (nSPS) is 47.4. The highest BCUT2D eigenvalue weighted by atomic mass is 32.2. The second kappa shape index (κ2) is 3.69. The van der Waals surface area contributed by atoms with Crippen molar-refractivity contribution in [2.45, 2.75) is 43.1 Å². The molecule has 4 N–H and O–H groups in total. The zero-order valence-electron chi connectivity index (χ0n) is 7.83. The number of aliphatic imine (C=N–C) groups is 1. The molecule has 80 valence electrons. The second-order valence-electron chi connectivity index (χ2n) is 3.51. The number of aliphatic hydroxyl groups is 2. The molecule has 0 spiro atoms. The van der Waals surface area contributed by atoms with Gasteiger partial charge in [-0.1, -0.05) is 18.7 Å². The Morgan fingerprint density at radius 2 is 2.21 bits per heavy atom. The number of hydrogen-bond donors (Lipinski definition) is 3. The van der Waals surface area contributed by atoms with Gasteiger partial charge in [0.2, 0.25) is 0 Å². The van der Waals surface area contributed by atoms with E-state index in [0.29, 0.717) is 11.6 Å². The van der Waals surface area contributed by atoms with Gasteiger partial charge in [-0.25, -0.2) is 0 Å². The van der Waals surface area contributed by atoms with Gasteiger partial charge in [-0.05, 0) is 6.42 Å². The molecule has 1 fully saturated rings. The second-order valence-corrected chi connectivity index (χ2v) is 4.63. The summed E-state index contributed by atoms with van der Waals surface area (Å²) in [5.41, 5.74) is 5.29. The number of fused-ring (bicyclic) bond motifs is 1. The molecular weight excluding hydrogens is 204 g/mol. The molecule has 0 bridgehead atoms. The number of aliphatic hydroxyl groups excluding tert-OH is 2. The average Bonchev–Trinajstić information content (AvgIpc) is 2.52. The van der Waals surface area contributed by atoms with Crippen molar-refractivity contribution in [2.75, 3.05) is 0 Å². The topological polar surface area (TPSA) is 88.1 Å². The molecule has 2 heterocycles. The zero-order chi connectivity index (χ0) is 10.3. The Kier molecular flexibility index (Phi) is 2.70. The Labute approximate surface area is 86.3 Å². The maximum absolute atomic E-state index is 9.76. The van der Waals surface area contributed by atoms with E-state index in [2.05, 4.69) is 4.99 Å². The van der Waals surface area contributed by atoms with Crippen LogP contribution in [0.1, 0.15) is 13.3 Å². The van der Waals surface area contributed by atoms with Gasteiger partial charge in [0.15, 0.2) is 5.17 Å². The molecule has 14 heavy (non-hydrogen) atoms. The number of nitrogens with two attached hydrogens (primary N) is 1. The van der Waals surface area contributed by atoms with E-state index in [-0.39, 0.29) is 11.5 Å². The fraction of sp³-hybridized carbons (Fsp3) is 0.875. The van der Waals surface area contributed by atoms with Crippen molar-refractivity contribution in [1.29, 1.82) is 0 Å². The number of thioether (sulfide) groups is 1. The van der Waals surface area contributed by atoms with Crippen molar-refractivity contribution >= 4 is 16.9 Å². The SMILES string of the molecule is CC[C@H]1O[C@@H]2SC(N)=N[C@@H]2[C@@H](O)[C@@H]1O. The van der Waals surface area contributed by atoms with Crippen LogP contribution >= 0.6 is 11.8 Å². The monoisotopic (exact) mass is 218 g/mol. The molecule has 0 radical (unpaired) electrons. The highest BCUT2D eigenvalue weighted by Crippen LogP contribution is 2.35. The third kappa shape index (κ3) is 1.52. The largest absolute Gasteiger partial charge is 0.388 e. The fourth-order valence-electron chi connectivity index (χ4n) is 1.79. The van der Waals surface area contributed by atoms with Crippen LogP contribution in [0.2, 0.25) is 0 Å². The Hall–Kier alpha value is -0.300. The number of amidine groups is 1. The quantitative estimate of drug-likeness (QED) is 0.540. The van der Waals surface area contributed by atoms with Crippen molar-refractivity contribution in [3.05, 3.63) is 0 Å². The highest BCUT2D eigenvalue weighted by molar-refractivity contribution is 8.14. The van der Waals surface area contributed by atoms with Gasteiger partial charge in [-0.2, -0.15) is 0 Å². The first kappa shape index (κ1) is 10.2. The first-order valence-corrected chi connectivity index (χ1v) is 5.53. The van der Waals surface area contributed by atoms with Gasteiger partial charge in [0.1, 0.15) is 23.7 Å². The van der Waals surface area contributed by atoms with Crippen molar-refractivity contribution in [3.63, 3.8) is 0 Å². The molecule has 0 aliphatic carbocycles. The van der Waals surface area contributed by atoms with Crippen LogP contribution < -0.4 is 5.73 Å². The van der Waals surface area contributed by atoms with Gasteiger partial charge in [-0.15, -0.1) is 0 Å². The van der Waals surface area contributed by atoms with E-state index in [1.54, 1.807) is 0 Å². The van der Waals surface area contributed by atoms with Crippen LogP contribution in [0.15, 0.2) is 4.99 Å². The minimum absolute atomic E-state index is 0.238. The molecule has 1 saturated heterocycles. The van der Waals surface area contributed by atoms with Crippen molar-refractivity contribution in [1.82, 2.24) is 0 Å². The number of rotatable bonds is 1. The summed E-state index contributed by atoms with van der Waals surface area (Å²) in [5.74, 6) is 0. The molecule has 0 aromatic carbocycles. The Morgan fingerprint density at radius 1 is 1.50 bits per heavy atom. The molecule has 6 heteroatoms. The summed E-state index contributed by atoms with van der Waals surface area (Å²) in [7, 11) is 0. The third-order valence-corrected chi connectivity index (χ3v) is 3.55. The van der Waals surface area contributed by atoms with E-state index in [9.17, 15) is 10.2 Å². The van der Waals surface area contributed by atoms with Crippen LogP contribution in [0.4, 0.5) is 0 Å². The Bertz CT molecular complexity index is 261. The van der Waals surface area contributed by atoms with Crippen LogP contribution in [-0.4, -0.2) is 45.2 Å². The molecule has 5 nitrogen and oxygen atoms in total. The summed E-state index contributed by atoms with van der Waals surface area (Å²) < 4.78 is 5.57. The van der Waals surface area contributed by atoms with Crippen LogP contribution in [0.3, 0.4) is 0 Å². The minimum atomic E-state index is -0.868. The van der Waals surface area contributed by atoms with E-state index < -0.39 is 18.2 Å². The maximum atomic E-state index is 9.76. The van der Waals surface area contributed by atoms with E-state index in [1.807, 2.05) is 6.92 Å². The van der Waals surface area contributed by atoms with Gasteiger partial charge in [0.05, 0.1) is 6.10 Å². The lowest BCUT2D eigenvalue weighted by molar-refractivity contribution is -0.153. The van der Waals surface area contributed by atoms with E-state index in [4.69, 9.17) is 10.5 Å². The minimum Gasteiger partial charge on any atom is -0.388 e. The summed E-state index contributed by atoms with van der Waals surface area (Å²) in [4.78, 5) is 4.03. The summed E-state index contributed by atoms with van der Waals surface area (Å²) in [6.07, 6.45) is -1.38. The predicted molar refractivity (Wildman–Crippen MR) is 54.0 cm³/mol. The van der Waals surface area contributed by atoms with Gasteiger partial charge in [0.25, 0.3) is 0 Å². The van der Waals surface area contributed by atoms with Gasteiger partial charge in [-0.3, -0.25) is 4.99 Å². The highest BCUT2D eigenvalue weighted by Gasteiger charge is 2.47.